The van der Waals surface area contributed by atoms with Crippen LogP contribution >= 0.6 is 0 Å². The summed E-state index contributed by atoms with van der Waals surface area (Å²) in [4.78, 5) is 16.1. The van der Waals surface area contributed by atoms with Gasteiger partial charge in [-0.1, -0.05) is 12.1 Å². The summed E-state index contributed by atoms with van der Waals surface area (Å²) in [6.45, 7) is 0.548. The summed E-state index contributed by atoms with van der Waals surface area (Å²) in [5.41, 5.74) is 3.01. The second kappa shape index (κ2) is 8.94. The van der Waals surface area contributed by atoms with Gasteiger partial charge in [0, 0.05) is 45.0 Å². The van der Waals surface area contributed by atoms with Gasteiger partial charge in [0.05, 0.1) is 14.2 Å². The first-order valence-corrected chi connectivity index (χ1v) is 8.36. The van der Waals surface area contributed by atoms with Crippen molar-refractivity contribution in [3.63, 3.8) is 0 Å². The van der Waals surface area contributed by atoms with Crippen molar-refractivity contribution in [2.45, 2.75) is 6.54 Å². The maximum atomic E-state index is 12.4. The van der Waals surface area contributed by atoms with E-state index in [9.17, 15) is 4.79 Å². The van der Waals surface area contributed by atoms with Crippen LogP contribution in [-0.4, -0.2) is 46.2 Å². The lowest BCUT2D eigenvalue weighted by Gasteiger charge is -2.17. The first kappa shape index (κ1) is 19.4. The molecule has 0 saturated heterocycles. The number of rotatable bonds is 7. The summed E-state index contributed by atoms with van der Waals surface area (Å²) in [7, 11) is 9.00. The Balaban J connectivity index is 2.05. The van der Waals surface area contributed by atoms with E-state index in [-0.39, 0.29) is 5.91 Å². The Morgan fingerprint density at radius 1 is 1.00 bits per heavy atom. The largest absolute Gasteiger partial charge is 0.497 e. The number of hydrogen-bond acceptors (Lipinski definition) is 4. The quantitative estimate of drug-likeness (QED) is 0.715. The Labute approximate surface area is 155 Å². The van der Waals surface area contributed by atoms with E-state index in [4.69, 9.17) is 9.47 Å². The van der Waals surface area contributed by atoms with Gasteiger partial charge in [0.2, 0.25) is 5.91 Å². The Morgan fingerprint density at radius 2 is 1.69 bits per heavy atom. The first-order valence-electron chi connectivity index (χ1n) is 8.36. The molecule has 0 bridgehead atoms. The molecule has 0 unspecified atom stereocenters. The zero-order valence-corrected chi connectivity index (χ0v) is 16.0. The van der Waals surface area contributed by atoms with Gasteiger partial charge in [-0.3, -0.25) is 4.79 Å². The number of carbonyl (C=O) groups is 1. The summed E-state index contributed by atoms with van der Waals surface area (Å²) >= 11 is 0. The zero-order chi connectivity index (χ0) is 19.1. The molecule has 0 heterocycles. The molecule has 0 fully saturated rings. The molecule has 0 aliphatic rings. The molecule has 2 aromatic rings. The van der Waals surface area contributed by atoms with Crippen LogP contribution in [0.4, 0.5) is 5.69 Å². The normalized spacial score (nSPS) is 10.7. The number of methoxy groups -OCH3 is 2. The molecule has 2 rings (SSSR count). The first-order chi connectivity index (χ1) is 12.4. The van der Waals surface area contributed by atoms with Gasteiger partial charge in [0.1, 0.15) is 11.5 Å². The lowest BCUT2D eigenvalue weighted by molar-refractivity contribution is -0.125. The van der Waals surface area contributed by atoms with E-state index in [1.54, 1.807) is 38.3 Å². The fourth-order valence-corrected chi connectivity index (χ4v) is 2.51. The van der Waals surface area contributed by atoms with Crippen molar-refractivity contribution in [3.05, 3.63) is 59.7 Å². The number of benzene rings is 2. The summed E-state index contributed by atoms with van der Waals surface area (Å²) in [5.74, 6) is 1.33. The molecule has 5 heteroatoms. The van der Waals surface area contributed by atoms with Crippen LogP contribution in [0.1, 0.15) is 11.1 Å². The maximum absolute atomic E-state index is 12.4. The van der Waals surface area contributed by atoms with Crippen LogP contribution in [-0.2, 0) is 11.3 Å². The molecule has 26 heavy (non-hydrogen) atoms. The average Bonchev–Trinajstić information content (AvgIpc) is 2.66. The van der Waals surface area contributed by atoms with E-state index in [1.807, 2.05) is 61.5 Å². The highest BCUT2D eigenvalue weighted by molar-refractivity contribution is 5.92. The number of ether oxygens (including phenoxy) is 2. The van der Waals surface area contributed by atoms with E-state index in [2.05, 4.69) is 0 Å². The molecule has 0 N–H and O–H groups in total. The minimum Gasteiger partial charge on any atom is -0.497 e. The van der Waals surface area contributed by atoms with Crippen LogP contribution in [0.15, 0.2) is 48.5 Å². The lowest BCUT2D eigenvalue weighted by Crippen LogP contribution is -2.24. The van der Waals surface area contributed by atoms with Gasteiger partial charge in [0.15, 0.2) is 0 Å². The molecule has 138 valence electrons. The molecule has 2 aromatic carbocycles. The Morgan fingerprint density at radius 3 is 2.27 bits per heavy atom. The average molecular weight is 354 g/mol. The Kier molecular flexibility index (Phi) is 6.67. The van der Waals surface area contributed by atoms with E-state index in [0.29, 0.717) is 18.0 Å². The zero-order valence-electron chi connectivity index (χ0n) is 16.0. The number of anilines is 1. The maximum Gasteiger partial charge on any atom is 0.246 e. The van der Waals surface area contributed by atoms with Gasteiger partial charge >= 0.3 is 0 Å². The van der Waals surface area contributed by atoms with Crippen molar-refractivity contribution in [3.8, 4) is 11.5 Å². The summed E-state index contributed by atoms with van der Waals surface area (Å²) in [6.07, 6.45) is 3.29. The van der Waals surface area contributed by atoms with Crippen LogP contribution in [0, 0.1) is 0 Å². The fraction of sp³-hybridized carbons (Fsp3) is 0.286. The molecule has 1 amide bonds. The minimum atomic E-state index is -0.0773. The van der Waals surface area contributed by atoms with Crippen molar-refractivity contribution in [2.24, 2.45) is 0 Å². The molecule has 5 nitrogen and oxygen atoms in total. The topological polar surface area (TPSA) is 42.0 Å². The van der Waals surface area contributed by atoms with E-state index >= 15 is 0 Å². The standard InChI is InChI=1S/C21H26N2O3/c1-22(2)18-9-6-16(7-10-18)15-23(3)21(24)13-8-17-14-19(25-4)11-12-20(17)26-5/h6-14H,15H2,1-5H3/b13-8+. The Hall–Kier alpha value is -2.95. The molecule has 0 spiro atoms. The lowest BCUT2D eigenvalue weighted by atomic mass is 10.1. The van der Waals surface area contributed by atoms with E-state index < -0.39 is 0 Å². The molecular formula is C21H26N2O3. The minimum absolute atomic E-state index is 0.0773. The van der Waals surface area contributed by atoms with Gasteiger partial charge in [-0.2, -0.15) is 0 Å². The van der Waals surface area contributed by atoms with Crippen molar-refractivity contribution >= 4 is 17.7 Å². The van der Waals surface area contributed by atoms with Crippen LogP contribution in [0.25, 0.3) is 6.08 Å². The second-order valence-corrected chi connectivity index (χ2v) is 6.20. The molecule has 0 radical (unpaired) electrons. The fourth-order valence-electron chi connectivity index (χ4n) is 2.51. The molecule has 0 atom stereocenters. The Bertz CT molecular complexity index is 767. The number of hydrogen-bond donors (Lipinski definition) is 0. The summed E-state index contributed by atoms with van der Waals surface area (Å²) < 4.78 is 10.6. The van der Waals surface area contributed by atoms with E-state index in [0.717, 1.165) is 16.8 Å². The smallest absolute Gasteiger partial charge is 0.246 e. The molecule has 0 aromatic heterocycles. The highest BCUT2D eigenvalue weighted by atomic mass is 16.5. The number of likely N-dealkylation sites (N-methyl/N-ethyl adjacent to an activating group) is 1. The third-order valence-corrected chi connectivity index (χ3v) is 4.09. The van der Waals surface area contributed by atoms with Crippen molar-refractivity contribution in [2.75, 3.05) is 40.3 Å². The van der Waals surface area contributed by atoms with Crippen LogP contribution < -0.4 is 14.4 Å². The summed E-state index contributed by atoms with van der Waals surface area (Å²) in [6, 6.07) is 13.6. The predicted molar refractivity (Wildman–Crippen MR) is 106 cm³/mol. The van der Waals surface area contributed by atoms with Crippen molar-refractivity contribution in [1.29, 1.82) is 0 Å². The molecular weight excluding hydrogens is 328 g/mol. The predicted octanol–water partition coefficient (Wildman–Crippen LogP) is 3.44. The summed E-state index contributed by atoms with van der Waals surface area (Å²) in [5, 5.41) is 0. The molecule has 0 aliphatic heterocycles. The number of amides is 1. The van der Waals surface area contributed by atoms with Crippen LogP contribution in [0.3, 0.4) is 0 Å². The third kappa shape index (κ3) is 5.02. The third-order valence-electron chi connectivity index (χ3n) is 4.09. The van der Waals surface area contributed by atoms with Gasteiger partial charge in [-0.25, -0.2) is 0 Å². The highest BCUT2D eigenvalue weighted by Crippen LogP contribution is 2.25. The van der Waals surface area contributed by atoms with Gasteiger partial charge in [0.25, 0.3) is 0 Å². The van der Waals surface area contributed by atoms with Crippen LogP contribution in [0.2, 0.25) is 0 Å². The monoisotopic (exact) mass is 354 g/mol. The van der Waals surface area contributed by atoms with Crippen molar-refractivity contribution in [1.82, 2.24) is 4.90 Å². The molecule has 0 aliphatic carbocycles. The van der Waals surface area contributed by atoms with Crippen molar-refractivity contribution < 1.29 is 14.3 Å². The SMILES string of the molecule is COc1ccc(OC)c(/C=C/C(=O)N(C)Cc2ccc(N(C)C)cc2)c1. The number of carbonyl (C=O) groups excluding carboxylic acids is 1. The highest BCUT2D eigenvalue weighted by Gasteiger charge is 2.08. The van der Waals surface area contributed by atoms with Gasteiger partial charge < -0.3 is 19.3 Å². The van der Waals surface area contributed by atoms with Gasteiger partial charge in [-0.15, -0.1) is 0 Å². The van der Waals surface area contributed by atoms with Crippen LogP contribution in [0.5, 0.6) is 11.5 Å². The number of nitrogens with zero attached hydrogens (tertiary/aromatic N) is 2. The van der Waals surface area contributed by atoms with Gasteiger partial charge in [-0.05, 0) is 42.0 Å². The van der Waals surface area contributed by atoms with E-state index in [1.165, 1.54) is 0 Å². The second-order valence-electron chi connectivity index (χ2n) is 6.20. The molecule has 0 saturated carbocycles.